The molecule has 2 aromatic carbocycles. The number of aryl methyl sites for hydroxylation is 1. The quantitative estimate of drug-likeness (QED) is 0.766. The number of hydrogen-bond donors (Lipinski definition) is 1. The third kappa shape index (κ3) is 3.84. The molecule has 3 aromatic rings. The first kappa shape index (κ1) is 16.9. The molecule has 134 valence electrons. The number of anilines is 1. The van der Waals surface area contributed by atoms with Crippen LogP contribution < -0.4 is 5.32 Å². The number of hydrogen-bond acceptors (Lipinski definition) is 5. The highest BCUT2D eigenvalue weighted by Crippen LogP contribution is 2.23. The number of benzene rings is 2. The summed E-state index contributed by atoms with van der Waals surface area (Å²) >= 11 is 0. The summed E-state index contributed by atoms with van der Waals surface area (Å²) in [5.41, 5.74) is 4.44. The smallest absolute Gasteiger partial charge is 0.145 e. The zero-order valence-corrected chi connectivity index (χ0v) is 15.1. The zero-order chi connectivity index (χ0) is 17.8. The number of ether oxygens (including phenoxy) is 1. The van der Waals surface area contributed by atoms with Crippen molar-refractivity contribution in [2.45, 2.75) is 13.0 Å². The largest absolute Gasteiger partial charge is 0.379 e. The molecule has 1 unspecified atom stereocenters. The lowest BCUT2D eigenvalue weighted by molar-refractivity contribution is 0.0187. The van der Waals surface area contributed by atoms with Crippen LogP contribution in [0.1, 0.15) is 17.2 Å². The van der Waals surface area contributed by atoms with E-state index in [1.54, 1.807) is 0 Å². The second-order valence-corrected chi connectivity index (χ2v) is 6.70. The molecule has 1 saturated heterocycles. The molecule has 1 N–H and O–H groups in total. The van der Waals surface area contributed by atoms with Crippen LogP contribution in [0.5, 0.6) is 0 Å². The molecule has 1 aromatic heterocycles. The van der Waals surface area contributed by atoms with E-state index < -0.39 is 0 Å². The van der Waals surface area contributed by atoms with Crippen molar-refractivity contribution in [3.8, 4) is 0 Å². The van der Waals surface area contributed by atoms with Gasteiger partial charge in [-0.05, 0) is 24.6 Å². The van der Waals surface area contributed by atoms with Gasteiger partial charge in [0.05, 0.1) is 36.5 Å². The van der Waals surface area contributed by atoms with Crippen molar-refractivity contribution in [1.29, 1.82) is 0 Å². The minimum atomic E-state index is 0.284. The van der Waals surface area contributed by atoms with Gasteiger partial charge in [-0.2, -0.15) is 0 Å². The standard InChI is InChI=1S/C21H24N4O/c1-16-5-4-6-17(13-16)20(25-9-11-26-12-10-25)14-23-21-15-22-18-7-2-3-8-19(18)24-21/h2-8,13,15,20H,9-12,14H2,1H3,(H,23,24). The lowest BCUT2D eigenvalue weighted by Crippen LogP contribution is -2.41. The molecule has 0 amide bonds. The van der Waals surface area contributed by atoms with Crippen LogP contribution >= 0.6 is 0 Å². The van der Waals surface area contributed by atoms with E-state index in [1.165, 1.54) is 11.1 Å². The van der Waals surface area contributed by atoms with Gasteiger partial charge >= 0.3 is 0 Å². The lowest BCUT2D eigenvalue weighted by Gasteiger charge is -2.35. The van der Waals surface area contributed by atoms with Gasteiger partial charge in [0.1, 0.15) is 5.82 Å². The number of nitrogens with zero attached hydrogens (tertiary/aromatic N) is 3. The van der Waals surface area contributed by atoms with Crippen molar-refractivity contribution in [3.63, 3.8) is 0 Å². The van der Waals surface area contributed by atoms with Crippen molar-refractivity contribution < 1.29 is 4.74 Å². The summed E-state index contributed by atoms with van der Waals surface area (Å²) in [6.07, 6.45) is 1.81. The van der Waals surface area contributed by atoms with Crippen molar-refractivity contribution in [2.24, 2.45) is 0 Å². The van der Waals surface area contributed by atoms with Crippen LogP contribution in [0.25, 0.3) is 11.0 Å². The van der Waals surface area contributed by atoms with Gasteiger partial charge in [-0.3, -0.25) is 9.88 Å². The topological polar surface area (TPSA) is 50.3 Å². The van der Waals surface area contributed by atoms with E-state index >= 15 is 0 Å². The molecule has 2 heterocycles. The maximum atomic E-state index is 5.54. The Balaban J connectivity index is 1.55. The Hall–Kier alpha value is -2.50. The number of rotatable bonds is 5. The highest BCUT2D eigenvalue weighted by Gasteiger charge is 2.22. The first-order chi connectivity index (χ1) is 12.8. The molecule has 0 aliphatic carbocycles. The van der Waals surface area contributed by atoms with Crippen LogP contribution in [-0.2, 0) is 4.74 Å². The molecule has 1 aliphatic heterocycles. The minimum Gasteiger partial charge on any atom is -0.379 e. The zero-order valence-electron chi connectivity index (χ0n) is 15.1. The molecule has 1 fully saturated rings. The second kappa shape index (κ2) is 7.81. The maximum Gasteiger partial charge on any atom is 0.145 e. The number of para-hydroxylation sites is 2. The molecule has 5 nitrogen and oxygen atoms in total. The number of nitrogens with one attached hydrogen (secondary N) is 1. The fourth-order valence-electron chi connectivity index (χ4n) is 3.47. The third-order valence-electron chi connectivity index (χ3n) is 4.84. The van der Waals surface area contributed by atoms with Crippen molar-refractivity contribution in [3.05, 3.63) is 65.9 Å². The average molecular weight is 348 g/mol. The van der Waals surface area contributed by atoms with Crippen LogP contribution in [0.15, 0.2) is 54.7 Å². The van der Waals surface area contributed by atoms with Gasteiger partial charge in [-0.1, -0.05) is 42.0 Å². The Kier molecular flexibility index (Phi) is 5.09. The van der Waals surface area contributed by atoms with E-state index in [2.05, 4.69) is 51.4 Å². The van der Waals surface area contributed by atoms with Gasteiger partial charge in [-0.15, -0.1) is 0 Å². The minimum absolute atomic E-state index is 0.284. The molecule has 1 aliphatic rings. The summed E-state index contributed by atoms with van der Waals surface area (Å²) < 4.78 is 5.54. The van der Waals surface area contributed by atoms with Gasteiger partial charge in [-0.25, -0.2) is 4.98 Å². The van der Waals surface area contributed by atoms with Gasteiger partial charge in [0.15, 0.2) is 0 Å². The van der Waals surface area contributed by atoms with Crippen molar-refractivity contribution in [1.82, 2.24) is 14.9 Å². The molecule has 5 heteroatoms. The van der Waals surface area contributed by atoms with E-state index in [4.69, 9.17) is 4.74 Å². The summed E-state index contributed by atoms with van der Waals surface area (Å²) in [7, 11) is 0. The highest BCUT2D eigenvalue weighted by atomic mass is 16.5. The van der Waals surface area contributed by atoms with E-state index in [-0.39, 0.29) is 6.04 Å². The first-order valence-corrected chi connectivity index (χ1v) is 9.13. The molecular weight excluding hydrogens is 324 g/mol. The SMILES string of the molecule is Cc1cccc(C(CNc2cnc3ccccc3n2)N2CCOCC2)c1. The van der Waals surface area contributed by atoms with Crippen molar-refractivity contribution >= 4 is 16.9 Å². The second-order valence-electron chi connectivity index (χ2n) is 6.70. The summed E-state index contributed by atoms with van der Waals surface area (Å²) in [4.78, 5) is 11.7. The summed E-state index contributed by atoms with van der Waals surface area (Å²) in [6, 6.07) is 17.0. The van der Waals surface area contributed by atoms with Crippen LogP contribution in [0.4, 0.5) is 5.82 Å². The van der Waals surface area contributed by atoms with E-state index in [0.29, 0.717) is 0 Å². The highest BCUT2D eigenvalue weighted by molar-refractivity contribution is 5.75. The Bertz CT molecular complexity index is 877. The lowest BCUT2D eigenvalue weighted by atomic mass is 10.0. The molecule has 0 spiro atoms. The van der Waals surface area contributed by atoms with Gasteiger partial charge in [0, 0.05) is 19.6 Å². The third-order valence-corrected chi connectivity index (χ3v) is 4.84. The Labute approximate surface area is 154 Å². The van der Waals surface area contributed by atoms with Crippen LogP contribution in [0.3, 0.4) is 0 Å². The molecule has 0 bridgehead atoms. The van der Waals surface area contributed by atoms with E-state index in [0.717, 1.165) is 49.7 Å². The predicted octanol–water partition coefficient (Wildman–Crippen LogP) is 3.42. The monoisotopic (exact) mass is 348 g/mol. The summed E-state index contributed by atoms with van der Waals surface area (Å²) in [5, 5.41) is 3.50. The van der Waals surface area contributed by atoms with Crippen LogP contribution in [0.2, 0.25) is 0 Å². The Morgan fingerprint density at radius 3 is 2.69 bits per heavy atom. The molecule has 0 radical (unpaired) electrons. The molecular formula is C21H24N4O. The summed E-state index contributed by atoms with van der Waals surface area (Å²) in [5.74, 6) is 0.814. The number of fused-ring (bicyclic) bond motifs is 1. The Morgan fingerprint density at radius 2 is 1.88 bits per heavy atom. The van der Waals surface area contributed by atoms with Crippen LogP contribution in [-0.4, -0.2) is 47.7 Å². The number of aromatic nitrogens is 2. The maximum absolute atomic E-state index is 5.54. The fraction of sp³-hybridized carbons (Fsp3) is 0.333. The molecule has 4 rings (SSSR count). The molecule has 26 heavy (non-hydrogen) atoms. The van der Waals surface area contributed by atoms with E-state index in [9.17, 15) is 0 Å². The Morgan fingerprint density at radius 1 is 1.08 bits per heavy atom. The predicted molar refractivity (Wildman–Crippen MR) is 104 cm³/mol. The van der Waals surface area contributed by atoms with Gasteiger partial charge in [0.25, 0.3) is 0 Å². The van der Waals surface area contributed by atoms with Gasteiger partial charge < -0.3 is 10.1 Å². The van der Waals surface area contributed by atoms with Crippen LogP contribution in [0, 0.1) is 6.92 Å². The van der Waals surface area contributed by atoms with E-state index in [1.807, 2.05) is 30.5 Å². The normalized spacial score (nSPS) is 16.5. The van der Waals surface area contributed by atoms with Gasteiger partial charge in [0.2, 0.25) is 0 Å². The van der Waals surface area contributed by atoms with Crippen molar-refractivity contribution in [2.75, 3.05) is 38.2 Å². The molecule has 0 saturated carbocycles. The fourth-order valence-corrected chi connectivity index (χ4v) is 3.47. The number of morpholine rings is 1. The average Bonchev–Trinajstić information content (AvgIpc) is 2.69. The first-order valence-electron chi connectivity index (χ1n) is 9.13. The summed E-state index contributed by atoms with van der Waals surface area (Å²) in [6.45, 7) is 6.40. The molecule has 1 atom stereocenters.